The smallest absolute Gasteiger partial charge is 0.338 e. The number of amides is 1. The van der Waals surface area contributed by atoms with E-state index < -0.39 is 0 Å². The molecule has 1 aliphatic rings. The van der Waals surface area contributed by atoms with Gasteiger partial charge in [-0.15, -0.1) is 0 Å². The summed E-state index contributed by atoms with van der Waals surface area (Å²) in [6.07, 6.45) is 0. The zero-order chi connectivity index (χ0) is 14.5. The van der Waals surface area contributed by atoms with Crippen LogP contribution in [0, 0.1) is 11.8 Å². The normalized spacial score (nSPS) is 21.5. The van der Waals surface area contributed by atoms with Crippen LogP contribution in [0.2, 0.25) is 0 Å². The molecule has 0 aliphatic carbocycles. The van der Waals surface area contributed by atoms with Gasteiger partial charge in [0, 0.05) is 12.2 Å². The molecular weight excluding hydrogens is 256 g/mol. The largest absolute Gasteiger partial charge is 0.462 e. The van der Waals surface area contributed by atoms with Crippen molar-refractivity contribution < 1.29 is 14.3 Å². The van der Waals surface area contributed by atoms with Gasteiger partial charge in [-0.25, -0.2) is 4.79 Å². The maximum atomic E-state index is 12.2. The average Bonchev–Trinajstić information content (AvgIpc) is 2.85. The summed E-state index contributed by atoms with van der Waals surface area (Å²) in [5.41, 5.74) is 1.07. The second kappa shape index (κ2) is 6.52. The number of hydrogen-bond donors (Lipinski definition) is 2. The van der Waals surface area contributed by atoms with Gasteiger partial charge in [0.05, 0.1) is 18.1 Å². The van der Waals surface area contributed by atoms with Gasteiger partial charge in [0.25, 0.3) is 0 Å². The number of anilines is 1. The van der Waals surface area contributed by atoms with E-state index in [-0.39, 0.29) is 17.8 Å². The Kier molecular flexibility index (Phi) is 4.74. The Hall–Kier alpha value is -1.88. The molecule has 1 heterocycles. The molecule has 1 fully saturated rings. The highest BCUT2D eigenvalue weighted by atomic mass is 16.5. The van der Waals surface area contributed by atoms with Gasteiger partial charge in [0.2, 0.25) is 5.91 Å². The number of rotatable bonds is 4. The molecule has 0 spiro atoms. The third kappa shape index (κ3) is 3.36. The van der Waals surface area contributed by atoms with E-state index in [0.29, 0.717) is 30.3 Å². The van der Waals surface area contributed by atoms with Crippen LogP contribution in [0.5, 0.6) is 0 Å². The highest BCUT2D eigenvalue weighted by Gasteiger charge is 2.29. The van der Waals surface area contributed by atoms with E-state index in [2.05, 4.69) is 17.6 Å². The summed E-state index contributed by atoms with van der Waals surface area (Å²) in [5, 5.41) is 6.07. The number of ether oxygens (including phenoxy) is 1. The molecule has 2 unspecified atom stereocenters. The van der Waals surface area contributed by atoms with E-state index >= 15 is 0 Å². The number of nitrogens with one attached hydrogen (secondary N) is 2. The molecule has 1 aromatic rings. The third-order valence-electron chi connectivity index (χ3n) is 3.50. The monoisotopic (exact) mass is 276 g/mol. The molecule has 20 heavy (non-hydrogen) atoms. The lowest BCUT2D eigenvalue weighted by atomic mass is 9.97. The first kappa shape index (κ1) is 14.5. The van der Waals surface area contributed by atoms with Crippen molar-refractivity contribution in [3.05, 3.63) is 29.8 Å². The average molecular weight is 276 g/mol. The molecule has 0 radical (unpaired) electrons. The van der Waals surface area contributed by atoms with Gasteiger partial charge in [-0.3, -0.25) is 4.79 Å². The van der Waals surface area contributed by atoms with Crippen molar-refractivity contribution in [3.8, 4) is 0 Å². The molecule has 2 N–H and O–H groups in total. The van der Waals surface area contributed by atoms with E-state index in [1.807, 2.05) is 0 Å². The van der Waals surface area contributed by atoms with Gasteiger partial charge in [-0.1, -0.05) is 13.0 Å². The highest BCUT2D eigenvalue weighted by molar-refractivity contribution is 5.95. The molecular formula is C15H20N2O3. The van der Waals surface area contributed by atoms with E-state index in [9.17, 15) is 9.59 Å². The summed E-state index contributed by atoms with van der Waals surface area (Å²) < 4.78 is 4.94. The quantitative estimate of drug-likeness (QED) is 0.821. The Bertz CT molecular complexity index is 502. The molecule has 1 saturated heterocycles. The van der Waals surface area contributed by atoms with Crippen LogP contribution in [0.3, 0.4) is 0 Å². The minimum atomic E-state index is -0.375. The van der Waals surface area contributed by atoms with Crippen LogP contribution in [0.4, 0.5) is 5.69 Å². The van der Waals surface area contributed by atoms with E-state index in [0.717, 1.165) is 6.54 Å². The SMILES string of the molecule is CCOC(=O)c1cccc(NC(=O)C2CNCC2C)c1. The van der Waals surface area contributed by atoms with Crippen LogP contribution < -0.4 is 10.6 Å². The highest BCUT2D eigenvalue weighted by Crippen LogP contribution is 2.19. The van der Waals surface area contributed by atoms with Gasteiger partial charge >= 0.3 is 5.97 Å². The lowest BCUT2D eigenvalue weighted by molar-refractivity contribution is -0.120. The van der Waals surface area contributed by atoms with Crippen molar-refractivity contribution in [1.82, 2.24) is 5.32 Å². The summed E-state index contributed by atoms with van der Waals surface area (Å²) in [7, 11) is 0. The topological polar surface area (TPSA) is 67.4 Å². The lowest BCUT2D eigenvalue weighted by Crippen LogP contribution is -2.27. The van der Waals surface area contributed by atoms with Gasteiger partial charge in [0.1, 0.15) is 0 Å². The molecule has 0 saturated carbocycles. The van der Waals surface area contributed by atoms with Gasteiger partial charge in [-0.2, -0.15) is 0 Å². The van der Waals surface area contributed by atoms with E-state index in [1.165, 1.54) is 0 Å². The fourth-order valence-electron chi connectivity index (χ4n) is 2.33. The third-order valence-corrected chi connectivity index (χ3v) is 3.50. The fraction of sp³-hybridized carbons (Fsp3) is 0.467. The van der Waals surface area contributed by atoms with Crippen molar-refractivity contribution in [2.75, 3.05) is 25.0 Å². The molecule has 0 aromatic heterocycles. The molecule has 5 heteroatoms. The summed E-state index contributed by atoms with van der Waals surface area (Å²) >= 11 is 0. The molecule has 1 aromatic carbocycles. The number of esters is 1. The van der Waals surface area contributed by atoms with Crippen molar-refractivity contribution in [1.29, 1.82) is 0 Å². The van der Waals surface area contributed by atoms with Crippen molar-refractivity contribution in [2.24, 2.45) is 11.8 Å². The van der Waals surface area contributed by atoms with E-state index in [4.69, 9.17) is 4.74 Å². The van der Waals surface area contributed by atoms with E-state index in [1.54, 1.807) is 31.2 Å². The number of benzene rings is 1. The second-order valence-corrected chi connectivity index (χ2v) is 5.03. The van der Waals surface area contributed by atoms with Crippen LogP contribution in [-0.4, -0.2) is 31.6 Å². The van der Waals surface area contributed by atoms with Crippen LogP contribution in [0.15, 0.2) is 24.3 Å². The van der Waals surface area contributed by atoms with Gasteiger partial charge in [-0.05, 0) is 37.6 Å². The first-order valence-electron chi connectivity index (χ1n) is 6.90. The molecule has 108 valence electrons. The Balaban J connectivity index is 2.04. The van der Waals surface area contributed by atoms with Crippen molar-refractivity contribution in [2.45, 2.75) is 13.8 Å². The fourth-order valence-corrected chi connectivity index (χ4v) is 2.33. The molecule has 5 nitrogen and oxygen atoms in total. The van der Waals surface area contributed by atoms with Gasteiger partial charge in [0.15, 0.2) is 0 Å². The Morgan fingerprint density at radius 3 is 2.85 bits per heavy atom. The van der Waals surface area contributed by atoms with Crippen molar-refractivity contribution >= 4 is 17.6 Å². The lowest BCUT2D eigenvalue weighted by Gasteiger charge is -2.14. The van der Waals surface area contributed by atoms with Crippen molar-refractivity contribution in [3.63, 3.8) is 0 Å². The Morgan fingerprint density at radius 1 is 1.40 bits per heavy atom. The summed E-state index contributed by atoms with van der Waals surface area (Å²) in [5.74, 6) is -0.0903. The second-order valence-electron chi connectivity index (χ2n) is 5.03. The zero-order valence-corrected chi connectivity index (χ0v) is 11.8. The predicted octanol–water partition coefficient (Wildman–Crippen LogP) is 1.66. The summed E-state index contributed by atoms with van der Waals surface area (Å²) in [6, 6.07) is 6.82. The maximum Gasteiger partial charge on any atom is 0.338 e. The minimum absolute atomic E-state index is 0.0106. The van der Waals surface area contributed by atoms with Crippen LogP contribution in [0.25, 0.3) is 0 Å². The maximum absolute atomic E-state index is 12.2. The molecule has 1 amide bonds. The molecule has 0 bridgehead atoms. The first-order chi connectivity index (χ1) is 9.61. The van der Waals surface area contributed by atoms with Gasteiger partial charge < -0.3 is 15.4 Å². The van der Waals surface area contributed by atoms with Crippen LogP contribution in [-0.2, 0) is 9.53 Å². The molecule has 1 aliphatic heterocycles. The number of hydrogen-bond acceptors (Lipinski definition) is 4. The predicted molar refractivity (Wildman–Crippen MR) is 76.6 cm³/mol. The number of carbonyl (C=O) groups excluding carboxylic acids is 2. The number of carbonyl (C=O) groups is 2. The molecule has 2 atom stereocenters. The zero-order valence-electron chi connectivity index (χ0n) is 11.8. The Morgan fingerprint density at radius 2 is 2.20 bits per heavy atom. The van der Waals surface area contributed by atoms with Crippen LogP contribution >= 0.6 is 0 Å². The van der Waals surface area contributed by atoms with Crippen LogP contribution in [0.1, 0.15) is 24.2 Å². The standard InChI is InChI=1S/C15H20N2O3/c1-3-20-15(19)11-5-4-6-12(7-11)17-14(18)13-9-16-8-10(13)2/h4-7,10,13,16H,3,8-9H2,1-2H3,(H,17,18). The Labute approximate surface area is 118 Å². The summed E-state index contributed by atoms with van der Waals surface area (Å²) in [6.45, 7) is 5.71. The summed E-state index contributed by atoms with van der Waals surface area (Å²) in [4.78, 5) is 23.8. The first-order valence-corrected chi connectivity index (χ1v) is 6.90. The molecule has 2 rings (SSSR count). The minimum Gasteiger partial charge on any atom is -0.462 e.